The molecule has 2 unspecified atom stereocenters. The summed E-state index contributed by atoms with van der Waals surface area (Å²) in [5.74, 6) is -1.28. The van der Waals surface area contributed by atoms with Crippen LogP contribution in [0.5, 0.6) is 0 Å². The highest BCUT2D eigenvalue weighted by molar-refractivity contribution is 5.86. The Morgan fingerprint density at radius 1 is 1.38 bits per heavy atom. The Morgan fingerprint density at radius 2 is 2.00 bits per heavy atom. The van der Waals surface area contributed by atoms with E-state index in [2.05, 4.69) is 0 Å². The van der Waals surface area contributed by atoms with Crippen LogP contribution in [0.2, 0.25) is 0 Å². The number of nitrogens with zero attached hydrogens (tertiary/aromatic N) is 2. The maximum atomic E-state index is 12.6. The summed E-state index contributed by atoms with van der Waals surface area (Å²) >= 11 is 0. The van der Waals surface area contributed by atoms with Gasteiger partial charge >= 0.3 is 12.0 Å². The van der Waals surface area contributed by atoms with Gasteiger partial charge in [-0.1, -0.05) is 13.3 Å². The fourth-order valence-electron chi connectivity index (χ4n) is 2.68. The fourth-order valence-corrected chi connectivity index (χ4v) is 2.68. The summed E-state index contributed by atoms with van der Waals surface area (Å²) in [6.45, 7) is 5.77. The van der Waals surface area contributed by atoms with Crippen molar-refractivity contribution in [2.45, 2.75) is 52.1 Å². The number of primary amides is 1. The Labute approximate surface area is 125 Å². The lowest BCUT2D eigenvalue weighted by Crippen LogP contribution is -2.57. The van der Waals surface area contributed by atoms with Crippen molar-refractivity contribution in [3.05, 3.63) is 0 Å². The lowest BCUT2D eigenvalue weighted by molar-refractivity contribution is -0.144. The van der Waals surface area contributed by atoms with Crippen molar-refractivity contribution in [1.29, 1.82) is 0 Å². The minimum absolute atomic E-state index is 0.198. The summed E-state index contributed by atoms with van der Waals surface area (Å²) in [4.78, 5) is 37.8. The third-order valence-corrected chi connectivity index (χ3v) is 4.01. The van der Waals surface area contributed by atoms with Crippen LogP contribution in [0.15, 0.2) is 0 Å². The molecule has 120 valence electrons. The predicted octanol–water partition coefficient (Wildman–Crippen LogP) is 0.877. The van der Waals surface area contributed by atoms with E-state index in [-0.39, 0.29) is 12.6 Å². The molecule has 0 saturated carbocycles. The molecule has 0 aromatic rings. The van der Waals surface area contributed by atoms with E-state index in [0.717, 1.165) is 12.8 Å². The number of rotatable bonds is 5. The van der Waals surface area contributed by atoms with Crippen molar-refractivity contribution >= 4 is 17.9 Å². The summed E-state index contributed by atoms with van der Waals surface area (Å²) in [6, 6.07) is -1.47. The lowest BCUT2D eigenvalue weighted by Gasteiger charge is -2.40. The summed E-state index contributed by atoms with van der Waals surface area (Å²) in [5, 5.41) is 9.37. The average Bonchev–Trinajstić information content (AvgIpc) is 2.42. The zero-order valence-corrected chi connectivity index (χ0v) is 12.9. The van der Waals surface area contributed by atoms with Crippen molar-refractivity contribution < 1.29 is 19.5 Å². The van der Waals surface area contributed by atoms with E-state index in [1.54, 1.807) is 13.8 Å². The van der Waals surface area contributed by atoms with Gasteiger partial charge in [-0.25, -0.2) is 9.59 Å². The number of carbonyl (C=O) groups is 3. The molecule has 3 N–H and O–H groups in total. The third kappa shape index (κ3) is 4.34. The van der Waals surface area contributed by atoms with Crippen LogP contribution in [-0.4, -0.2) is 58.0 Å². The van der Waals surface area contributed by atoms with Gasteiger partial charge in [-0.15, -0.1) is 0 Å². The monoisotopic (exact) mass is 299 g/mol. The normalized spacial score (nSPS) is 22.2. The maximum absolute atomic E-state index is 12.6. The number of hydrogen-bond donors (Lipinski definition) is 2. The molecule has 0 aromatic carbocycles. The topological polar surface area (TPSA) is 104 Å². The Balaban J connectivity index is 2.91. The summed E-state index contributed by atoms with van der Waals surface area (Å²) in [6.07, 6.45) is 2.15. The number of hydrogen-bond acceptors (Lipinski definition) is 3. The van der Waals surface area contributed by atoms with Crippen LogP contribution >= 0.6 is 0 Å². The van der Waals surface area contributed by atoms with E-state index in [1.165, 1.54) is 9.80 Å². The summed E-state index contributed by atoms with van der Waals surface area (Å²) in [7, 11) is 0. The van der Waals surface area contributed by atoms with Crippen LogP contribution in [0.1, 0.15) is 40.0 Å². The highest BCUT2D eigenvalue weighted by atomic mass is 16.4. The van der Waals surface area contributed by atoms with E-state index in [4.69, 9.17) is 5.73 Å². The molecule has 1 fully saturated rings. The van der Waals surface area contributed by atoms with Crippen molar-refractivity contribution in [1.82, 2.24) is 9.80 Å². The van der Waals surface area contributed by atoms with Crippen molar-refractivity contribution in [3.63, 3.8) is 0 Å². The molecular weight excluding hydrogens is 274 g/mol. The first kappa shape index (κ1) is 17.3. The number of carboxylic acids is 1. The first-order valence-electron chi connectivity index (χ1n) is 7.36. The zero-order chi connectivity index (χ0) is 16.2. The zero-order valence-electron chi connectivity index (χ0n) is 12.9. The SMILES string of the molecule is CCC1CCN(C(=O)N(CC(N)=O)C(C)C)C(C(=O)O)C1. The Bertz CT molecular complexity index is 411. The van der Waals surface area contributed by atoms with Gasteiger partial charge in [-0.05, 0) is 32.6 Å². The molecule has 1 aliphatic rings. The molecule has 3 amide bonds. The molecule has 1 saturated heterocycles. The molecule has 7 nitrogen and oxygen atoms in total. The van der Waals surface area contributed by atoms with Gasteiger partial charge in [0.05, 0.1) is 0 Å². The molecule has 0 bridgehead atoms. The van der Waals surface area contributed by atoms with Gasteiger partial charge in [0.15, 0.2) is 0 Å². The number of carbonyl (C=O) groups excluding carboxylic acids is 2. The quantitative estimate of drug-likeness (QED) is 0.786. The molecule has 1 rings (SSSR count). The van der Waals surface area contributed by atoms with E-state index in [9.17, 15) is 19.5 Å². The molecule has 21 heavy (non-hydrogen) atoms. The second-order valence-electron chi connectivity index (χ2n) is 5.82. The molecule has 1 heterocycles. The van der Waals surface area contributed by atoms with E-state index in [0.29, 0.717) is 18.9 Å². The van der Waals surface area contributed by atoms with Crippen LogP contribution in [0.25, 0.3) is 0 Å². The van der Waals surface area contributed by atoms with Gasteiger partial charge in [-0.2, -0.15) is 0 Å². The molecule has 2 atom stereocenters. The van der Waals surface area contributed by atoms with Crippen LogP contribution in [-0.2, 0) is 9.59 Å². The van der Waals surface area contributed by atoms with Crippen molar-refractivity contribution in [3.8, 4) is 0 Å². The molecule has 7 heteroatoms. The molecular formula is C14H25N3O4. The minimum Gasteiger partial charge on any atom is -0.480 e. The Kier molecular flexibility index (Phi) is 5.99. The van der Waals surface area contributed by atoms with Gasteiger partial charge in [0.1, 0.15) is 12.6 Å². The summed E-state index contributed by atoms with van der Waals surface area (Å²) in [5.41, 5.74) is 5.17. The van der Waals surface area contributed by atoms with Crippen LogP contribution in [0, 0.1) is 5.92 Å². The standard InChI is InChI=1S/C14H25N3O4/c1-4-10-5-6-16(11(7-10)13(19)20)14(21)17(9(2)3)8-12(15)18/h9-11H,4-8H2,1-3H3,(H2,15,18)(H,19,20). The number of aliphatic carboxylic acids is 1. The number of carboxylic acid groups (broad SMARTS) is 1. The first-order chi connectivity index (χ1) is 9.77. The molecule has 0 radical (unpaired) electrons. The number of piperidine rings is 1. The highest BCUT2D eigenvalue weighted by Gasteiger charge is 2.38. The van der Waals surface area contributed by atoms with Gasteiger partial charge in [0.2, 0.25) is 5.91 Å². The minimum atomic E-state index is -0.996. The number of urea groups is 1. The lowest BCUT2D eigenvalue weighted by atomic mass is 9.89. The van der Waals surface area contributed by atoms with Crippen LogP contribution in [0.3, 0.4) is 0 Å². The Hall–Kier alpha value is -1.79. The third-order valence-electron chi connectivity index (χ3n) is 4.01. The second kappa shape index (κ2) is 7.28. The smallest absolute Gasteiger partial charge is 0.326 e. The van der Waals surface area contributed by atoms with E-state index >= 15 is 0 Å². The molecule has 0 aliphatic carbocycles. The van der Waals surface area contributed by atoms with Crippen molar-refractivity contribution in [2.75, 3.05) is 13.1 Å². The number of amides is 3. The van der Waals surface area contributed by atoms with Gasteiger partial charge in [0.25, 0.3) is 0 Å². The molecule has 0 aromatic heterocycles. The number of likely N-dealkylation sites (tertiary alicyclic amines) is 1. The van der Waals surface area contributed by atoms with E-state index < -0.39 is 23.9 Å². The van der Waals surface area contributed by atoms with Gasteiger partial charge in [0, 0.05) is 12.6 Å². The number of nitrogens with two attached hydrogens (primary N) is 1. The van der Waals surface area contributed by atoms with Crippen LogP contribution in [0.4, 0.5) is 4.79 Å². The summed E-state index contributed by atoms with van der Waals surface area (Å²) < 4.78 is 0. The molecule has 0 spiro atoms. The van der Waals surface area contributed by atoms with E-state index in [1.807, 2.05) is 6.92 Å². The van der Waals surface area contributed by atoms with Crippen LogP contribution < -0.4 is 5.73 Å². The molecule has 1 aliphatic heterocycles. The highest BCUT2D eigenvalue weighted by Crippen LogP contribution is 2.26. The largest absolute Gasteiger partial charge is 0.480 e. The second-order valence-corrected chi connectivity index (χ2v) is 5.82. The average molecular weight is 299 g/mol. The fraction of sp³-hybridized carbons (Fsp3) is 0.786. The first-order valence-corrected chi connectivity index (χ1v) is 7.36. The van der Waals surface area contributed by atoms with Gasteiger partial charge in [-0.3, -0.25) is 4.79 Å². The Morgan fingerprint density at radius 3 is 2.43 bits per heavy atom. The predicted molar refractivity (Wildman–Crippen MR) is 77.6 cm³/mol. The maximum Gasteiger partial charge on any atom is 0.326 e. The van der Waals surface area contributed by atoms with Gasteiger partial charge < -0.3 is 20.6 Å². The van der Waals surface area contributed by atoms with Crippen molar-refractivity contribution in [2.24, 2.45) is 11.7 Å².